The molecular formula is C25H21ClN4O2. The van der Waals surface area contributed by atoms with Crippen molar-refractivity contribution in [3.63, 3.8) is 0 Å². The second-order valence-corrected chi connectivity index (χ2v) is 7.72. The molecule has 0 unspecified atom stereocenters. The number of hydrogen-bond donors (Lipinski definition) is 2. The van der Waals surface area contributed by atoms with E-state index in [0.29, 0.717) is 33.2 Å². The fraction of sp³-hybridized carbons (Fsp3) is 0.0800. The van der Waals surface area contributed by atoms with E-state index in [9.17, 15) is 9.59 Å². The quantitative estimate of drug-likeness (QED) is 0.417. The number of carbonyl (C=O) groups excluding carboxylic acids is 2. The summed E-state index contributed by atoms with van der Waals surface area (Å²) in [7, 11) is 0. The molecule has 0 bridgehead atoms. The first-order valence-electron chi connectivity index (χ1n) is 10.0. The molecule has 0 saturated carbocycles. The van der Waals surface area contributed by atoms with Crippen LogP contribution in [-0.2, 0) is 0 Å². The lowest BCUT2D eigenvalue weighted by molar-refractivity contribution is 0.101. The van der Waals surface area contributed by atoms with E-state index >= 15 is 0 Å². The standard InChI is InChI=1S/C25H21ClN4O2/c1-16-22(28-24(31)18-8-4-3-5-9-18)12-7-13-23(16)29-25(32)21-15-27-30(17(21)2)20-11-6-10-19(26)14-20/h3-15H,1-2H3,(H,28,31)(H,29,32). The smallest absolute Gasteiger partial charge is 0.259 e. The molecule has 0 atom stereocenters. The van der Waals surface area contributed by atoms with Crippen molar-refractivity contribution in [2.24, 2.45) is 0 Å². The van der Waals surface area contributed by atoms with Crippen molar-refractivity contribution in [3.8, 4) is 5.69 Å². The Bertz CT molecular complexity index is 1300. The Labute approximate surface area is 190 Å². The SMILES string of the molecule is Cc1c(NC(=O)c2ccccc2)cccc1NC(=O)c1cnn(-c2cccc(Cl)c2)c1C. The highest BCUT2D eigenvalue weighted by Crippen LogP contribution is 2.25. The van der Waals surface area contributed by atoms with E-state index in [1.54, 1.807) is 47.1 Å². The van der Waals surface area contributed by atoms with E-state index in [4.69, 9.17) is 11.6 Å². The summed E-state index contributed by atoms with van der Waals surface area (Å²) in [6.45, 7) is 3.67. The lowest BCUT2D eigenvalue weighted by Crippen LogP contribution is -2.16. The Morgan fingerprint density at radius 3 is 2.19 bits per heavy atom. The van der Waals surface area contributed by atoms with Crippen LogP contribution in [0.2, 0.25) is 5.02 Å². The molecule has 4 aromatic rings. The average Bonchev–Trinajstić information content (AvgIpc) is 3.18. The number of anilines is 2. The number of rotatable bonds is 5. The minimum atomic E-state index is -0.287. The summed E-state index contributed by atoms with van der Waals surface area (Å²) in [6.07, 6.45) is 1.53. The maximum Gasteiger partial charge on any atom is 0.259 e. The van der Waals surface area contributed by atoms with Gasteiger partial charge in [-0.15, -0.1) is 0 Å². The lowest BCUT2D eigenvalue weighted by atomic mass is 10.1. The molecule has 2 N–H and O–H groups in total. The average molecular weight is 445 g/mol. The fourth-order valence-electron chi connectivity index (χ4n) is 3.38. The van der Waals surface area contributed by atoms with Crippen LogP contribution in [-0.4, -0.2) is 21.6 Å². The first-order valence-corrected chi connectivity index (χ1v) is 10.4. The van der Waals surface area contributed by atoms with Gasteiger partial charge in [0, 0.05) is 22.0 Å². The normalized spacial score (nSPS) is 10.6. The van der Waals surface area contributed by atoms with E-state index in [1.165, 1.54) is 6.20 Å². The molecule has 0 radical (unpaired) electrons. The molecule has 7 heteroatoms. The molecule has 0 saturated heterocycles. The molecular weight excluding hydrogens is 424 g/mol. The summed E-state index contributed by atoms with van der Waals surface area (Å²) in [5, 5.41) is 10.8. The third-order valence-electron chi connectivity index (χ3n) is 5.17. The van der Waals surface area contributed by atoms with Crippen molar-refractivity contribution in [2.75, 3.05) is 10.6 Å². The predicted molar refractivity (Wildman–Crippen MR) is 127 cm³/mol. The van der Waals surface area contributed by atoms with Crippen LogP contribution in [0.25, 0.3) is 5.69 Å². The third kappa shape index (κ3) is 4.40. The van der Waals surface area contributed by atoms with Gasteiger partial charge in [0.15, 0.2) is 0 Å². The first kappa shape index (κ1) is 21.3. The predicted octanol–water partition coefficient (Wildman–Crippen LogP) is 5.65. The van der Waals surface area contributed by atoms with Gasteiger partial charge < -0.3 is 10.6 Å². The summed E-state index contributed by atoms with van der Waals surface area (Å²) in [4.78, 5) is 25.5. The number of amides is 2. The highest BCUT2D eigenvalue weighted by Gasteiger charge is 2.17. The summed E-state index contributed by atoms with van der Waals surface area (Å²) >= 11 is 6.08. The molecule has 3 aromatic carbocycles. The molecule has 32 heavy (non-hydrogen) atoms. The van der Waals surface area contributed by atoms with E-state index in [-0.39, 0.29) is 11.8 Å². The zero-order chi connectivity index (χ0) is 22.7. The highest BCUT2D eigenvalue weighted by atomic mass is 35.5. The van der Waals surface area contributed by atoms with Crippen LogP contribution in [0.5, 0.6) is 0 Å². The number of carbonyl (C=O) groups is 2. The summed E-state index contributed by atoms with van der Waals surface area (Å²) in [6, 6.07) is 21.6. The van der Waals surface area contributed by atoms with Crippen LogP contribution in [0.4, 0.5) is 11.4 Å². The number of benzene rings is 3. The Balaban J connectivity index is 1.54. The largest absolute Gasteiger partial charge is 0.322 e. The highest BCUT2D eigenvalue weighted by molar-refractivity contribution is 6.30. The number of aromatic nitrogens is 2. The monoisotopic (exact) mass is 444 g/mol. The van der Waals surface area contributed by atoms with Crippen LogP contribution < -0.4 is 10.6 Å². The van der Waals surface area contributed by atoms with Crippen molar-refractivity contribution < 1.29 is 9.59 Å². The Morgan fingerprint density at radius 1 is 0.844 bits per heavy atom. The van der Waals surface area contributed by atoms with Gasteiger partial charge in [-0.1, -0.05) is 41.9 Å². The van der Waals surface area contributed by atoms with Gasteiger partial charge in [-0.3, -0.25) is 9.59 Å². The molecule has 0 aliphatic heterocycles. The molecule has 160 valence electrons. The van der Waals surface area contributed by atoms with Crippen LogP contribution >= 0.6 is 11.6 Å². The van der Waals surface area contributed by atoms with Gasteiger partial charge in [0.2, 0.25) is 0 Å². The minimum Gasteiger partial charge on any atom is -0.322 e. The van der Waals surface area contributed by atoms with Crippen molar-refractivity contribution in [2.45, 2.75) is 13.8 Å². The molecule has 0 fully saturated rings. The number of nitrogens with one attached hydrogen (secondary N) is 2. The van der Waals surface area contributed by atoms with Gasteiger partial charge in [0.25, 0.3) is 11.8 Å². The van der Waals surface area contributed by atoms with E-state index in [1.807, 2.05) is 44.2 Å². The molecule has 6 nitrogen and oxygen atoms in total. The topological polar surface area (TPSA) is 76.0 Å². The fourth-order valence-corrected chi connectivity index (χ4v) is 3.57. The molecule has 0 aliphatic rings. The van der Waals surface area contributed by atoms with Gasteiger partial charge in [0.1, 0.15) is 0 Å². The Kier molecular flexibility index (Phi) is 6.05. The van der Waals surface area contributed by atoms with Gasteiger partial charge in [-0.2, -0.15) is 5.10 Å². The lowest BCUT2D eigenvalue weighted by Gasteiger charge is -2.13. The number of hydrogen-bond acceptors (Lipinski definition) is 3. The van der Waals surface area contributed by atoms with E-state index < -0.39 is 0 Å². The second-order valence-electron chi connectivity index (χ2n) is 7.29. The molecule has 1 heterocycles. The van der Waals surface area contributed by atoms with E-state index in [2.05, 4.69) is 15.7 Å². The maximum absolute atomic E-state index is 13.0. The summed E-state index contributed by atoms with van der Waals surface area (Å²) < 4.78 is 1.67. The summed E-state index contributed by atoms with van der Waals surface area (Å²) in [5.74, 6) is -0.499. The van der Waals surface area contributed by atoms with Crippen molar-refractivity contribution in [1.82, 2.24) is 9.78 Å². The number of halogens is 1. The second kappa shape index (κ2) is 9.08. The van der Waals surface area contributed by atoms with Gasteiger partial charge in [0.05, 0.1) is 23.1 Å². The van der Waals surface area contributed by atoms with Gasteiger partial charge in [-0.05, 0) is 61.9 Å². The van der Waals surface area contributed by atoms with Gasteiger partial charge >= 0.3 is 0 Å². The van der Waals surface area contributed by atoms with Crippen LogP contribution in [0.1, 0.15) is 32.0 Å². The maximum atomic E-state index is 13.0. The van der Waals surface area contributed by atoms with E-state index in [0.717, 1.165) is 11.3 Å². The van der Waals surface area contributed by atoms with Crippen molar-refractivity contribution in [1.29, 1.82) is 0 Å². The summed E-state index contributed by atoms with van der Waals surface area (Å²) in [5.41, 5.74) is 4.46. The molecule has 1 aromatic heterocycles. The van der Waals surface area contributed by atoms with Crippen LogP contribution in [0, 0.1) is 13.8 Å². The minimum absolute atomic E-state index is 0.212. The third-order valence-corrected chi connectivity index (χ3v) is 5.41. The van der Waals surface area contributed by atoms with Crippen LogP contribution in [0.3, 0.4) is 0 Å². The Hall–Kier alpha value is -3.90. The molecule has 2 amide bonds. The number of nitrogens with zero attached hydrogens (tertiary/aromatic N) is 2. The Morgan fingerprint density at radius 2 is 1.50 bits per heavy atom. The van der Waals surface area contributed by atoms with Crippen LogP contribution in [0.15, 0.2) is 79.0 Å². The zero-order valence-electron chi connectivity index (χ0n) is 17.6. The zero-order valence-corrected chi connectivity index (χ0v) is 18.4. The molecule has 4 rings (SSSR count). The molecule has 0 aliphatic carbocycles. The molecule has 0 spiro atoms. The van der Waals surface area contributed by atoms with Crippen molar-refractivity contribution in [3.05, 3.63) is 106 Å². The van der Waals surface area contributed by atoms with Gasteiger partial charge in [-0.25, -0.2) is 4.68 Å². The van der Waals surface area contributed by atoms with Crippen molar-refractivity contribution >= 4 is 34.8 Å². The first-order chi connectivity index (χ1) is 15.4.